The molecule has 1 heterocycles. The Morgan fingerprint density at radius 2 is 1.83 bits per heavy atom. The molecular weight excluding hydrogens is 327 g/mol. The van der Waals surface area contributed by atoms with Gasteiger partial charge in [-0.05, 0) is 36.4 Å². The molecule has 0 aliphatic heterocycles. The van der Waals surface area contributed by atoms with E-state index in [4.69, 9.17) is 16.3 Å². The Morgan fingerprint density at radius 1 is 0.958 bits per heavy atom. The second-order valence-corrected chi connectivity index (χ2v) is 5.76. The molecule has 5 heteroatoms. The predicted molar refractivity (Wildman–Crippen MR) is 93.0 cm³/mol. The molecule has 118 valence electrons. The van der Waals surface area contributed by atoms with Crippen LogP contribution in [0.2, 0.25) is 5.02 Å². The van der Waals surface area contributed by atoms with E-state index >= 15 is 0 Å². The number of nitrogens with one attached hydrogen (secondary N) is 1. The van der Waals surface area contributed by atoms with Crippen LogP contribution in [-0.2, 0) is 0 Å². The van der Waals surface area contributed by atoms with Crippen molar-refractivity contribution < 1.29 is 9.13 Å². The molecule has 0 saturated heterocycles. The van der Waals surface area contributed by atoms with Crippen LogP contribution in [0.25, 0.3) is 22.2 Å². The summed E-state index contributed by atoms with van der Waals surface area (Å²) in [5, 5.41) is 8.94. The van der Waals surface area contributed by atoms with E-state index in [1.54, 1.807) is 30.3 Å². The van der Waals surface area contributed by atoms with Crippen LogP contribution in [-0.4, -0.2) is 10.2 Å². The summed E-state index contributed by atoms with van der Waals surface area (Å²) in [5.41, 5.74) is 2.54. The van der Waals surface area contributed by atoms with Crippen molar-refractivity contribution in [1.82, 2.24) is 10.2 Å². The van der Waals surface area contributed by atoms with Gasteiger partial charge < -0.3 is 4.74 Å². The highest BCUT2D eigenvalue weighted by molar-refractivity contribution is 6.30. The molecule has 0 saturated carbocycles. The third kappa shape index (κ3) is 2.72. The number of benzene rings is 3. The van der Waals surface area contributed by atoms with Gasteiger partial charge in [0.15, 0.2) is 11.6 Å². The predicted octanol–water partition coefficient (Wildman–Crippen LogP) is 5.81. The number of para-hydroxylation sites is 1. The number of aromatic amines is 1. The quantitative estimate of drug-likeness (QED) is 0.511. The third-order valence-corrected chi connectivity index (χ3v) is 3.93. The molecule has 4 rings (SSSR count). The standard InChI is InChI=1S/C19H12ClFN2O/c20-13-5-3-4-12(10-13)19-15-9-8-14(11-17(15)22-23-19)24-18-7-2-1-6-16(18)21/h1-11H,(H,22,23). The molecule has 4 aromatic rings. The number of fused-ring (bicyclic) bond motifs is 1. The van der Waals surface area contributed by atoms with Crippen LogP contribution in [0.4, 0.5) is 4.39 Å². The fourth-order valence-corrected chi connectivity index (χ4v) is 2.76. The summed E-state index contributed by atoms with van der Waals surface area (Å²) in [6, 6.07) is 19.3. The molecule has 1 N–H and O–H groups in total. The molecule has 3 aromatic carbocycles. The first-order valence-electron chi connectivity index (χ1n) is 7.37. The van der Waals surface area contributed by atoms with Crippen LogP contribution >= 0.6 is 11.6 Å². The maximum atomic E-state index is 13.7. The van der Waals surface area contributed by atoms with Crippen molar-refractivity contribution in [3.8, 4) is 22.8 Å². The van der Waals surface area contributed by atoms with Gasteiger partial charge in [-0.3, -0.25) is 5.10 Å². The number of H-pyrrole nitrogens is 1. The summed E-state index contributed by atoms with van der Waals surface area (Å²) >= 11 is 6.05. The first-order chi connectivity index (χ1) is 11.7. The normalized spacial score (nSPS) is 10.9. The lowest BCUT2D eigenvalue weighted by Gasteiger charge is -2.06. The Hall–Kier alpha value is -2.85. The molecule has 0 unspecified atom stereocenters. The van der Waals surface area contributed by atoms with Crippen LogP contribution in [0.3, 0.4) is 0 Å². The molecule has 0 aliphatic carbocycles. The minimum atomic E-state index is -0.401. The number of aromatic nitrogens is 2. The van der Waals surface area contributed by atoms with Gasteiger partial charge in [0, 0.05) is 22.0 Å². The molecule has 1 aromatic heterocycles. The molecule has 24 heavy (non-hydrogen) atoms. The maximum Gasteiger partial charge on any atom is 0.165 e. The number of hydrogen-bond donors (Lipinski definition) is 1. The zero-order valence-electron chi connectivity index (χ0n) is 12.5. The van der Waals surface area contributed by atoms with Crippen molar-refractivity contribution in [2.45, 2.75) is 0 Å². The molecule has 0 aliphatic rings. The summed E-state index contributed by atoms with van der Waals surface area (Å²) < 4.78 is 19.3. The number of hydrogen-bond acceptors (Lipinski definition) is 2. The van der Waals surface area contributed by atoms with Crippen molar-refractivity contribution >= 4 is 22.5 Å². The summed E-state index contributed by atoms with van der Waals surface area (Å²) in [4.78, 5) is 0. The van der Waals surface area contributed by atoms with E-state index in [-0.39, 0.29) is 5.75 Å². The minimum absolute atomic E-state index is 0.187. The summed E-state index contributed by atoms with van der Waals surface area (Å²) in [6.45, 7) is 0. The molecule has 0 atom stereocenters. The van der Waals surface area contributed by atoms with Crippen molar-refractivity contribution in [2.24, 2.45) is 0 Å². The lowest BCUT2D eigenvalue weighted by molar-refractivity contribution is 0.443. The SMILES string of the molecule is Fc1ccccc1Oc1ccc2c(-c3cccc(Cl)c3)n[nH]c2c1. The highest BCUT2D eigenvalue weighted by Crippen LogP contribution is 2.32. The average molecular weight is 339 g/mol. The topological polar surface area (TPSA) is 37.9 Å². The van der Waals surface area contributed by atoms with Gasteiger partial charge in [0.1, 0.15) is 5.75 Å². The largest absolute Gasteiger partial charge is 0.454 e. The van der Waals surface area contributed by atoms with Gasteiger partial charge in [-0.15, -0.1) is 0 Å². The number of halogens is 2. The molecular formula is C19H12ClFN2O. The summed E-state index contributed by atoms with van der Waals surface area (Å²) in [5.74, 6) is 0.321. The average Bonchev–Trinajstić information content (AvgIpc) is 3.00. The third-order valence-electron chi connectivity index (χ3n) is 3.70. The van der Waals surface area contributed by atoms with Crippen LogP contribution in [0.5, 0.6) is 11.5 Å². The fraction of sp³-hybridized carbons (Fsp3) is 0. The minimum Gasteiger partial charge on any atom is -0.454 e. The van der Waals surface area contributed by atoms with Gasteiger partial charge in [-0.2, -0.15) is 5.10 Å². The lowest BCUT2D eigenvalue weighted by atomic mass is 10.1. The molecule has 3 nitrogen and oxygen atoms in total. The summed E-state index contributed by atoms with van der Waals surface area (Å²) in [7, 11) is 0. The van der Waals surface area contributed by atoms with Crippen LogP contribution in [0, 0.1) is 5.82 Å². The van der Waals surface area contributed by atoms with Gasteiger partial charge in [0.2, 0.25) is 0 Å². The van der Waals surface area contributed by atoms with Crippen molar-refractivity contribution in [3.63, 3.8) is 0 Å². The first-order valence-corrected chi connectivity index (χ1v) is 7.75. The van der Waals surface area contributed by atoms with Gasteiger partial charge in [-0.1, -0.05) is 35.9 Å². The van der Waals surface area contributed by atoms with Crippen LogP contribution in [0.15, 0.2) is 66.7 Å². The molecule has 0 spiro atoms. The Morgan fingerprint density at radius 3 is 2.67 bits per heavy atom. The Kier molecular flexibility index (Phi) is 3.67. The van der Waals surface area contributed by atoms with Gasteiger partial charge in [0.05, 0.1) is 11.2 Å². The maximum absolute atomic E-state index is 13.7. The van der Waals surface area contributed by atoms with Crippen molar-refractivity contribution in [3.05, 3.63) is 77.6 Å². The van der Waals surface area contributed by atoms with E-state index in [1.165, 1.54) is 6.07 Å². The Bertz CT molecular complexity index is 1030. The fourth-order valence-electron chi connectivity index (χ4n) is 2.57. The highest BCUT2D eigenvalue weighted by atomic mass is 35.5. The van der Waals surface area contributed by atoms with E-state index in [1.807, 2.05) is 30.3 Å². The van der Waals surface area contributed by atoms with E-state index in [2.05, 4.69) is 10.2 Å². The summed E-state index contributed by atoms with van der Waals surface area (Å²) in [6.07, 6.45) is 0. The van der Waals surface area contributed by atoms with E-state index < -0.39 is 5.82 Å². The zero-order valence-corrected chi connectivity index (χ0v) is 13.2. The first kappa shape index (κ1) is 14.7. The molecule has 0 bridgehead atoms. The van der Waals surface area contributed by atoms with Crippen molar-refractivity contribution in [2.75, 3.05) is 0 Å². The Balaban J connectivity index is 1.72. The number of ether oxygens (including phenoxy) is 1. The second-order valence-electron chi connectivity index (χ2n) is 5.32. The lowest BCUT2D eigenvalue weighted by Crippen LogP contribution is -1.87. The zero-order chi connectivity index (χ0) is 16.5. The van der Waals surface area contributed by atoms with Crippen LogP contribution < -0.4 is 4.74 Å². The monoisotopic (exact) mass is 338 g/mol. The number of rotatable bonds is 3. The number of nitrogens with zero attached hydrogens (tertiary/aromatic N) is 1. The second kappa shape index (κ2) is 5.98. The van der Waals surface area contributed by atoms with Crippen LogP contribution in [0.1, 0.15) is 0 Å². The smallest absolute Gasteiger partial charge is 0.165 e. The van der Waals surface area contributed by atoms with E-state index in [0.717, 1.165) is 22.2 Å². The van der Waals surface area contributed by atoms with Gasteiger partial charge in [-0.25, -0.2) is 4.39 Å². The van der Waals surface area contributed by atoms with E-state index in [0.29, 0.717) is 10.8 Å². The molecule has 0 amide bonds. The van der Waals surface area contributed by atoms with E-state index in [9.17, 15) is 4.39 Å². The Labute approximate surface area is 142 Å². The highest BCUT2D eigenvalue weighted by Gasteiger charge is 2.10. The van der Waals surface area contributed by atoms with Gasteiger partial charge >= 0.3 is 0 Å². The van der Waals surface area contributed by atoms with Gasteiger partial charge in [0.25, 0.3) is 0 Å². The molecule has 0 fully saturated rings. The van der Waals surface area contributed by atoms with Crippen molar-refractivity contribution in [1.29, 1.82) is 0 Å². The molecule has 0 radical (unpaired) electrons.